The van der Waals surface area contributed by atoms with E-state index in [1.807, 2.05) is 18.2 Å². The number of Topliss-reactive ketones (excluding diaryl/α,β-unsaturated/α-hetero) is 1. The van der Waals surface area contributed by atoms with Crippen molar-refractivity contribution in [1.82, 2.24) is 5.32 Å². The molecule has 4 nitrogen and oxygen atoms in total. The van der Waals surface area contributed by atoms with E-state index in [0.29, 0.717) is 0 Å². The maximum atomic E-state index is 12.1. The highest BCUT2D eigenvalue weighted by Gasteiger charge is 2.24. The van der Waals surface area contributed by atoms with Crippen LogP contribution in [0.4, 0.5) is 4.79 Å². The molecule has 0 bridgehead atoms. The number of rotatable bonds is 5. The lowest BCUT2D eigenvalue weighted by molar-refractivity contribution is -0.120. The lowest BCUT2D eigenvalue weighted by Gasteiger charge is -2.23. The second kappa shape index (κ2) is 6.89. The number of hydrogen-bond donors (Lipinski definition) is 1. The van der Waals surface area contributed by atoms with Gasteiger partial charge in [0.1, 0.15) is 11.6 Å². The molecular weight excluding hydrogens is 254 g/mol. The maximum absolute atomic E-state index is 12.1. The smallest absolute Gasteiger partial charge is 0.408 e. The Balaban J connectivity index is 2.87. The molecular formula is C16H21NO3. The van der Waals surface area contributed by atoms with E-state index in [-0.39, 0.29) is 12.2 Å². The Bertz CT molecular complexity index is 474. The van der Waals surface area contributed by atoms with Gasteiger partial charge in [0, 0.05) is 6.42 Å². The van der Waals surface area contributed by atoms with Crippen molar-refractivity contribution in [3.63, 3.8) is 0 Å². The number of hydrogen-bond acceptors (Lipinski definition) is 3. The van der Waals surface area contributed by atoms with Crippen LogP contribution in [0.25, 0.3) is 0 Å². The van der Waals surface area contributed by atoms with Crippen molar-refractivity contribution in [3.05, 3.63) is 48.6 Å². The minimum Gasteiger partial charge on any atom is -0.444 e. The van der Waals surface area contributed by atoms with E-state index in [1.165, 1.54) is 6.08 Å². The van der Waals surface area contributed by atoms with Crippen LogP contribution in [-0.4, -0.2) is 17.5 Å². The molecule has 0 saturated carbocycles. The molecule has 0 spiro atoms. The summed E-state index contributed by atoms with van der Waals surface area (Å²) in [6.07, 6.45) is 1.11. The molecule has 1 N–H and O–H groups in total. The van der Waals surface area contributed by atoms with Crippen molar-refractivity contribution >= 4 is 11.9 Å². The van der Waals surface area contributed by atoms with Crippen LogP contribution in [0.5, 0.6) is 0 Å². The van der Waals surface area contributed by atoms with Gasteiger partial charge in [-0.25, -0.2) is 4.79 Å². The van der Waals surface area contributed by atoms with Crippen LogP contribution in [0.3, 0.4) is 0 Å². The van der Waals surface area contributed by atoms with Crippen molar-refractivity contribution in [2.24, 2.45) is 0 Å². The molecule has 20 heavy (non-hydrogen) atoms. The second-order valence-corrected chi connectivity index (χ2v) is 5.45. The van der Waals surface area contributed by atoms with E-state index in [0.717, 1.165) is 5.56 Å². The highest BCUT2D eigenvalue weighted by Crippen LogP contribution is 2.17. The summed E-state index contributed by atoms with van der Waals surface area (Å²) >= 11 is 0. The van der Waals surface area contributed by atoms with Crippen LogP contribution in [-0.2, 0) is 9.53 Å². The average Bonchev–Trinajstić information content (AvgIpc) is 2.35. The molecule has 0 aliphatic carbocycles. The molecule has 1 aromatic rings. The Labute approximate surface area is 119 Å². The van der Waals surface area contributed by atoms with Gasteiger partial charge < -0.3 is 10.1 Å². The van der Waals surface area contributed by atoms with Gasteiger partial charge in [0.2, 0.25) is 0 Å². The molecule has 1 amide bonds. The largest absolute Gasteiger partial charge is 0.444 e. The SMILES string of the molecule is C=CCC(=O)[C@H](NC(=O)OC(C)(C)C)c1ccccc1. The van der Waals surface area contributed by atoms with E-state index in [4.69, 9.17) is 4.74 Å². The second-order valence-electron chi connectivity index (χ2n) is 5.45. The van der Waals surface area contributed by atoms with Crippen LogP contribution in [0.1, 0.15) is 38.8 Å². The van der Waals surface area contributed by atoms with Crippen molar-refractivity contribution in [3.8, 4) is 0 Å². The quantitative estimate of drug-likeness (QED) is 0.838. The fourth-order valence-electron chi connectivity index (χ4n) is 1.68. The molecule has 108 valence electrons. The lowest BCUT2D eigenvalue weighted by atomic mass is 10.0. The summed E-state index contributed by atoms with van der Waals surface area (Å²) in [6, 6.07) is 8.36. The molecule has 4 heteroatoms. The minimum absolute atomic E-state index is 0.128. The Morgan fingerprint density at radius 1 is 1.30 bits per heavy atom. The fourth-order valence-corrected chi connectivity index (χ4v) is 1.68. The first-order chi connectivity index (χ1) is 9.33. The molecule has 0 aromatic heterocycles. The molecule has 0 radical (unpaired) electrons. The highest BCUT2D eigenvalue weighted by molar-refractivity contribution is 5.89. The van der Waals surface area contributed by atoms with Gasteiger partial charge in [-0.15, -0.1) is 6.58 Å². The standard InChI is InChI=1S/C16H21NO3/c1-5-9-13(18)14(12-10-7-6-8-11-12)17-15(19)20-16(2,3)4/h5-8,10-11,14H,1,9H2,2-4H3,(H,17,19)/t14-/m1/s1. The van der Waals surface area contributed by atoms with Gasteiger partial charge in [-0.05, 0) is 26.3 Å². The monoisotopic (exact) mass is 275 g/mol. The zero-order valence-electron chi connectivity index (χ0n) is 12.2. The zero-order chi connectivity index (χ0) is 15.2. The Morgan fingerprint density at radius 2 is 1.90 bits per heavy atom. The third-order valence-electron chi connectivity index (χ3n) is 2.46. The molecule has 0 saturated heterocycles. The van der Waals surface area contributed by atoms with Gasteiger partial charge in [0.25, 0.3) is 0 Å². The number of ether oxygens (including phenoxy) is 1. The maximum Gasteiger partial charge on any atom is 0.408 e. The summed E-state index contributed by atoms with van der Waals surface area (Å²) < 4.78 is 5.19. The van der Waals surface area contributed by atoms with Gasteiger partial charge in [0.05, 0.1) is 0 Å². The van der Waals surface area contributed by atoms with Gasteiger partial charge >= 0.3 is 6.09 Å². The molecule has 1 rings (SSSR count). The topological polar surface area (TPSA) is 55.4 Å². The molecule has 0 heterocycles. The van der Waals surface area contributed by atoms with Crippen LogP contribution in [0.15, 0.2) is 43.0 Å². The van der Waals surface area contributed by atoms with E-state index in [2.05, 4.69) is 11.9 Å². The summed E-state index contributed by atoms with van der Waals surface area (Å²) in [5.41, 5.74) is 0.123. The van der Waals surface area contributed by atoms with Gasteiger partial charge in [0.15, 0.2) is 5.78 Å². The van der Waals surface area contributed by atoms with Crippen molar-refractivity contribution in [2.45, 2.75) is 38.8 Å². The first-order valence-electron chi connectivity index (χ1n) is 6.51. The lowest BCUT2D eigenvalue weighted by Crippen LogP contribution is -2.38. The van der Waals surface area contributed by atoms with Crippen molar-refractivity contribution in [2.75, 3.05) is 0 Å². The number of allylic oxidation sites excluding steroid dienone is 1. The summed E-state index contributed by atoms with van der Waals surface area (Å²) in [5, 5.41) is 2.62. The molecule has 0 aliphatic heterocycles. The predicted molar refractivity (Wildman–Crippen MR) is 78.4 cm³/mol. The fraction of sp³-hybridized carbons (Fsp3) is 0.375. The van der Waals surface area contributed by atoms with E-state index >= 15 is 0 Å². The number of ketones is 1. The van der Waals surface area contributed by atoms with Crippen LogP contribution < -0.4 is 5.32 Å². The third kappa shape index (κ3) is 5.26. The third-order valence-corrected chi connectivity index (χ3v) is 2.46. The van der Waals surface area contributed by atoms with E-state index < -0.39 is 17.7 Å². The summed E-state index contributed by atoms with van der Waals surface area (Å²) in [7, 11) is 0. The summed E-state index contributed by atoms with van der Waals surface area (Å²) in [6.45, 7) is 8.87. The number of carbonyl (C=O) groups excluding carboxylic acids is 2. The molecule has 1 atom stereocenters. The Hall–Kier alpha value is -2.10. The van der Waals surface area contributed by atoms with Crippen molar-refractivity contribution < 1.29 is 14.3 Å². The first-order valence-corrected chi connectivity index (χ1v) is 6.51. The average molecular weight is 275 g/mol. The van der Waals surface area contributed by atoms with Gasteiger partial charge in [-0.1, -0.05) is 36.4 Å². The van der Waals surface area contributed by atoms with Crippen molar-refractivity contribution in [1.29, 1.82) is 0 Å². The van der Waals surface area contributed by atoms with E-state index in [9.17, 15) is 9.59 Å². The van der Waals surface area contributed by atoms with E-state index in [1.54, 1.807) is 32.9 Å². The zero-order valence-corrected chi connectivity index (χ0v) is 12.2. The van der Waals surface area contributed by atoms with Gasteiger partial charge in [-0.2, -0.15) is 0 Å². The number of benzene rings is 1. The summed E-state index contributed by atoms with van der Waals surface area (Å²) in [4.78, 5) is 23.9. The van der Waals surface area contributed by atoms with Gasteiger partial charge in [-0.3, -0.25) is 4.79 Å². The molecule has 0 fully saturated rings. The van der Waals surface area contributed by atoms with Crippen LogP contribution in [0, 0.1) is 0 Å². The first kappa shape index (κ1) is 16.0. The summed E-state index contributed by atoms with van der Waals surface area (Å²) in [5.74, 6) is -0.128. The number of nitrogens with one attached hydrogen (secondary N) is 1. The van der Waals surface area contributed by atoms with Crippen LogP contribution >= 0.6 is 0 Å². The molecule has 1 aromatic carbocycles. The Kier molecular flexibility index (Phi) is 5.50. The molecule has 0 aliphatic rings. The highest BCUT2D eigenvalue weighted by atomic mass is 16.6. The Morgan fingerprint density at radius 3 is 2.40 bits per heavy atom. The normalized spacial score (nSPS) is 12.3. The number of carbonyl (C=O) groups is 2. The minimum atomic E-state index is -0.718. The van der Waals surface area contributed by atoms with Crippen LogP contribution in [0.2, 0.25) is 0 Å². The molecule has 0 unspecified atom stereocenters. The number of amides is 1. The predicted octanol–water partition coefficient (Wildman–Crippen LogP) is 3.40. The number of alkyl carbamates (subject to hydrolysis) is 1.